The molecule has 6 heteroatoms. The molecule has 142 valence electrons. The number of para-hydroxylation sites is 2. The molecule has 0 fully saturated rings. The Bertz CT molecular complexity index is 1200. The first-order valence-electron chi connectivity index (χ1n) is 9.27. The van der Waals surface area contributed by atoms with Gasteiger partial charge >= 0.3 is 6.03 Å². The Labute approximate surface area is 172 Å². The van der Waals surface area contributed by atoms with Gasteiger partial charge in [-0.05, 0) is 35.4 Å². The van der Waals surface area contributed by atoms with Crippen molar-refractivity contribution in [3.63, 3.8) is 0 Å². The Morgan fingerprint density at radius 2 is 1.59 bits per heavy atom. The number of fused-ring (bicyclic) bond motifs is 1. The summed E-state index contributed by atoms with van der Waals surface area (Å²) < 4.78 is 0. The zero-order chi connectivity index (χ0) is 19.8. The van der Waals surface area contributed by atoms with Gasteiger partial charge in [0.05, 0.1) is 22.8 Å². The average molecular weight is 401 g/mol. The lowest BCUT2D eigenvalue weighted by Gasteiger charge is -2.30. The van der Waals surface area contributed by atoms with Crippen LogP contribution in [-0.2, 0) is 0 Å². The molecule has 0 radical (unpaired) electrons. The van der Waals surface area contributed by atoms with Crippen LogP contribution in [0.2, 0.25) is 5.02 Å². The highest BCUT2D eigenvalue weighted by Gasteiger charge is 2.31. The van der Waals surface area contributed by atoms with Crippen LogP contribution in [0.1, 0.15) is 23.0 Å². The molecule has 0 saturated carbocycles. The summed E-state index contributed by atoms with van der Waals surface area (Å²) in [6, 6.07) is 24.5. The maximum Gasteiger partial charge on any atom is 0.320 e. The van der Waals surface area contributed by atoms with Gasteiger partial charge in [-0.3, -0.25) is 0 Å². The number of H-pyrrole nitrogens is 1. The van der Waals surface area contributed by atoms with Crippen LogP contribution in [0.3, 0.4) is 0 Å². The molecule has 1 aliphatic heterocycles. The lowest BCUT2D eigenvalue weighted by atomic mass is 9.92. The van der Waals surface area contributed by atoms with Gasteiger partial charge in [-0.1, -0.05) is 66.2 Å². The summed E-state index contributed by atoms with van der Waals surface area (Å²) in [6.07, 6.45) is 0. The molecule has 0 spiro atoms. The highest BCUT2D eigenvalue weighted by molar-refractivity contribution is 6.30. The number of carbonyl (C=O) groups excluding carboxylic acids is 1. The molecule has 5 rings (SSSR count). The molecule has 0 aliphatic carbocycles. The van der Waals surface area contributed by atoms with Gasteiger partial charge in [-0.15, -0.1) is 0 Å². The number of nitrogens with one attached hydrogen (secondary N) is 3. The molecule has 1 aliphatic rings. The van der Waals surface area contributed by atoms with Crippen molar-refractivity contribution in [2.45, 2.75) is 6.04 Å². The van der Waals surface area contributed by atoms with E-state index in [9.17, 15) is 4.79 Å². The fraction of sp³-hybridized carbons (Fsp3) is 0.0435. The molecule has 3 N–H and O–H groups in total. The van der Waals surface area contributed by atoms with Gasteiger partial charge < -0.3 is 15.6 Å². The van der Waals surface area contributed by atoms with Crippen LogP contribution in [0.15, 0.2) is 78.9 Å². The van der Waals surface area contributed by atoms with E-state index >= 15 is 0 Å². The first-order valence-corrected chi connectivity index (χ1v) is 9.64. The van der Waals surface area contributed by atoms with Crippen molar-refractivity contribution in [1.82, 2.24) is 20.6 Å². The minimum atomic E-state index is -0.378. The van der Waals surface area contributed by atoms with Crippen LogP contribution < -0.4 is 10.6 Å². The second kappa shape index (κ2) is 7.11. The number of benzene rings is 3. The number of aromatic nitrogens is 2. The molecule has 1 aromatic heterocycles. The van der Waals surface area contributed by atoms with Crippen LogP contribution in [-0.4, -0.2) is 16.0 Å². The quantitative estimate of drug-likeness (QED) is 0.445. The standard InChI is InChI=1S/C23H17ClN4O/c24-16-12-10-15(11-13-16)21-19(22-25-17-8-4-5-9-18(17)26-22)20(27-23(29)28-21)14-6-2-1-3-7-14/h1-13,21H,(H,25,26)(H2,27,28,29)/t21-/m1/s1. The van der Waals surface area contributed by atoms with E-state index in [-0.39, 0.29) is 12.1 Å². The lowest BCUT2D eigenvalue weighted by molar-refractivity contribution is 0.242. The SMILES string of the molecule is O=C1NC(c2ccccc2)=C(c2nc3ccccc3[nH]2)[C@@H](c2ccc(Cl)cc2)N1. The minimum absolute atomic E-state index is 0.260. The molecular formula is C23H17ClN4O. The summed E-state index contributed by atoms with van der Waals surface area (Å²) in [5.41, 5.74) is 5.25. The van der Waals surface area contributed by atoms with Gasteiger partial charge in [-0.25, -0.2) is 9.78 Å². The molecule has 0 bridgehead atoms. The molecule has 1 atom stereocenters. The van der Waals surface area contributed by atoms with E-state index < -0.39 is 0 Å². The van der Waals surface area contributed by atoms with E-state index in [4.69, 9.17) is 16.6 Å². The first-order chi connectivity index (χ1) is 14.2. The fourth-order valence-electron chi connectivity index (χ4n) is 3.64. The Morgan fingerprint density at radius 1 is 0.862 bits per heavy atom. The highest BCUT2D eigenvalue weighted by atomic mass is 35.5. The molecule has 0 saturated heterocycles. The predicted octanol–water partition coefficient (Wildman–Crippen LogP) is 5.14. The molecule has 2 amide bonds. The number of halogens is 1. The number of nitrogens with zero attached hydrogens (tertiary/aromatic N) is 1. The van der Waals surface area contributed by atoms with Crippen LogP contribution in [0.4, 0.5) is 4.79 Å². The number of aromatic amines is 1. The summed E-state index contributed by atoms with van der Waals surface area (Å²) in [5.74, 6) is 0.706. The summed E-state index contributed by atoms with van der Waals surface area (Å²) in [6.45, 7) is 0. The van der Waals surface area contributed by atoms with E-state index in [1.807, 2.05) is 78.9 Å². The van der Waals surface area contributed by atoms with Crippen molar-refractivity contribution in [2.24, 2.45) is 0 Å². The van der Waals surface area contributed by atoms with Crippen molar-refractivity contribution in [3.8, 4) is 0 Å². The summed E-state index contributed by atoms with van der Waals surface area (Å²) in [4.78, 5) is 20.7. The van der Waals surface area contributed by atoms with Gasteiger partial charge in [0.2, 0.25) is 0 Å². The first kappa shape index (κ1) is 17.5. The minimum Gasteiger partial charge on any atom is -0.338 e. The molecule has 4 aromatic rings. The summed E-state index contributed by atoms with van der Waals surface area (Å²) in [5, 5.41) is 6.66. The largest absolute Gasteiger partial charge is 0.338 e. The third-order valence-electron chi connectivity index (χ3n) is 4.98. The molecule has 29 heavy (non-hydrogen) atoms. The number of hydrogen-bond donors (Lipinski definition) is 3. The second-order valence-electron chi connectivity index (χ2n) is 6.84. The van der Waals surface area contributed by atoms with Crippen LogP contribution in [0.25, 0.3) is 22.3 Å². The van der Waals surface area contributed by atoms with E-state index in [0.717, 1.165) is 33.4 Å². The number of imidazole rings is 1. The van der Waals surface area contributed by atoms with Gasteiger partial charge in [0, 0.05) is 10.6 Å². The lowest BCUT2D eigenvalue weighted by Crippen LogP contribution is -2.43. The normalized spacial score (nSPS) is 16.6. The summed E-state index contributed by atoms with van der Waals surface area (Å²) >= 11 is 6.08. The second-order valence-corrected chi connectivity index (χ2v) is 7.28. The van der Waals surface area contributed by atoms with E-state index in [1.165, 1.54) is 0 Å². The van der Waals surface area contributed by atoms with E-state index in [0.29, 0.717) is 10.8 Å². The van der Waals surface area contributed by atoms with Gasteiger partial charge in [0.25, 0.3) is 0 Å². The molecule has 0 unspecified atom stereocenters. The zero-order valence-corrected chi connectivity index (χ0v) is 16.1. The Morgan fingerprint density at radius 3 is 2.34 bits per heavy atom. The number of amides is 2. The number of carbonyl (C=O) groups is 1. The van der Waals surface area contributed by atoms with Crippen LogP contribution in [0.5, 0.6) is 0 Å². The maximum absolute atomic E-state index is 12.5. The van der Waals surface area contributed by atoms with E-state index in [1.54, 1.807) is 0 Å². The number of rotatable bonds is 3. The molecule has 3 aromatic carbocycles. The third-order valence-corrected chi connectivity index (χ3v) is 5.23. The molecule has 2 heterocycles. The monoisotopic (exact) mass is 400 g/mol. The van der Waals surface area contributed by atoms with Crippen molar-refractivity contribution in [1.29, 1.82) is 0 Å². The Hall–Kier alpha value is -3.57. The van der Waals surface area contributed by atoms with Crippen molar-refractivity contribution in [3.05, 3.63) is 101 Å². The average Bonchev–Trinajstić information content (AvgIpc) is 3.18. The van der Waals surface area contributed by atoms with Gasteiger partial charge in [0.15, 0.2) is 0 Å². The van der Waals surface area contributed by atoms with Crippen molar-refractivity contribution < 1.29 is 4.79 Å². The topological polar surface area (TPSA) is 69.8 Å². The Kier molecular flexibility index (Phi) is 4.30. The van der Waals surface area contributed by atoms with Crippen LogP contribution >= 0.6 is 11.6 Å². The van der Waals surface area contributed by atoms with E-state index in [2.05, 4.69) is 15.6 Å². The van der Waals surface area contributed by atoms with Crippen molar-refractivity contribution in [2.75, 3.05) is 0 Å². The highest BCUT2D eigenvalue weighted by Crippen LogP contribution is 2.37. The number of hydrogen-bond acceptors (Lipinski definition) is 2. The molecule has 5 nitrogen and oxygen atoms in total. The van der Waals surface area contributed by atoms with Crippen molar-refractivity contribution >= 4 is 39.9 Å². The maximum atomic E-state index is 12.5. The Balaban J connectivity index is 1.76. The predicted molar refractivity (Wildman–Crippen MR) is 115 cm³/mol. The third kappa shape index (κ3) is 3.26. The van der Waals surface area contributed by atoms with Crippen LogP contribution in [0, 0.1) is 0 Å². The van der Waals surface area contributed by atoms with Gasteiger partial charge in [-0.2, -0.15) is 0 Å². The molecular weight excluding hydrogens is 384 g/mol. The summed E-state index contributed by atoms with van der Waals surface area (Å²) in [7, 11) is 0. The smallest absolute Gasteiger partial charge is 0.320 e. The fourth-order valence-corrected chi connectivity index (χ4v) is 3.76. The van der Waals surface area contributed by atoms with Gasteiger partial charge in [0.1, 0.15) is 5.82 Å². The number of urea groups is 1. The zero-order valence-electron chi connectivity index (χ0n) is 15.3.